The van der Waals surface area contributed by atoms with E-state index >= 15 is 0 Å². The summed E-state index contributed by atoms with van der Waals surface area (Å²) in [5, 5.41) is 7.46. The number of anilines is 2. The van der Waals surface area contributed by atoms with Crippen molar-refractivity contribution in [3.8, 4) is 0 Å². The molecule has 0 bridgehead atoms. The average molecular weight is 364 g/mol. The second kappa shape index (κ2) is 6.61. The molecule has 0 aliphatic heterocycles. The van der Waals surface area contributed by atoms with Gasteiger partial charge in [-0.05, 0) is 43.3 Å². The Kier molecular flexibility index (Phi) is 4.14. The quantitative estimate of drug-likeness (QED) is 0.507. The first-order chi connectivity index (χ1) is 12.6. The van der Waals surface area contributed by atoms with Crippen molar-refractivity contribution in [2.45, 2.75) is 6.92 Å². The van der Waals surface area contributed by atoms with E-state index in [1.165, 1.54) is 0 Å². The third-order valence-corrected chi connectivity index (χ3v) is 4.30. The Hall–Kier alpha value is -3.18. The summed E-state index contributed by atoms with van der Waals surface area (Å²) in [5.41, 5.74) is 3.99. The lowest BCUT2D eigenvalue weighted by Gasteiger charge is -2.08. The number of aromatic nitrogens is 2. The smallest absolute Gasteiger partial charge is 0.200 e. The number of carbonyl (C=O) groups is 1. The van der Waals surface area contributed by atoms with Crippen LogP contribution in [0.15, 0.2) is 65.3 Å². The Morgan fingerprint density at radius 1 is 1.12 bits per heavy atom. The van der Waals surface area contributed by atoms with Gasteiger partial charge >= 0.3 is 0 Å². The maximum absolute atomic E-state index is 12.7. The third-order valence-electron chi connectivity index (χ3n) is 3.99. The molecule has 2 aromatic carbocycles. The number of rotatable bonds is 4. The van der Waals surface area contributed by atoms with Crippen molar-refractivity contribution in [2.24, 2.45) is 0 Å². The molecule has 4 rings (SSSR count). The molecule has 0 aliphatic rings. The lowest BCUT2D eigenvalue weighted by molar-refractivity contribution is 0.103. The molecule has 0 unspecified atom stereocenters. The summed E-state index contributed by atoms with van der Waals surface area (Å²) in [6.07, 6.45) is 1.67. The Morgan fingerprint density at radius 2 is 2.00 bits per heavy atom. The molecule has 2 heterocycles. The first kappa shape index (κ1) is 16.3. The number of aryl methyl sites for hydroxylation is 1. The van der Waals surface area contributed by atoms with E-state index in [1.54, 1.807) is 42.6 Å². The highest BCUT2D eigenvalue weighted by molar-refractivity contribution is 6.35. The predicted molar refractivity (Wildman–Crippen MR) is 101 cm³/mol. The van der Waals surface area contributed by atoms with Gasteiger partial charge in [-0.1, -0.05) is 40.5 Å². The number of halogens is 1. The minimum atomic E-state index is -0.112. The van der Waals surface area contributed by atoms with Crippen LogP contribution in [0.3, 0.4) is 0 Å². The first-order valence-corrected chi connectivity index (χ1v) is 8.38. The van der Waals surface area contributed by atoms with E-state index in [-0.39, 0.29) is 5.78 Å². The number of fused-ring (bicyclic) bond motifs is 1. The maximum atomic E-state index is 12.7. The minimum absolute atomic E-state index is 0.112. The zero-order valence-corrected chi connectivity index (χ0v) is 14.6. The van der Waals surface area contributed by atoms with Crippen LogP contribution in [0.2, 0.25) is 5.02 Å². The summed E-state index contributed by atoms with van der Waals surface area (Å²) < 4.78 is 5.22. The van der Waals surface area contributed by atoms with Crippen molar-refractivity contribution in [1.82, 2.24) is 10.1 Å². The van der Waals surface area contributed by atoms with Crippen LogP contribution in [-0.4, -0.2) is 15.9 Å². The number of nitrogens with one attached hydrogen (secondary N) is 1. The molecule has 2 aromatic heterocycles. The number of hydrogen-bond donors (Lipinski definition) is 1. The summed E-state index contributed by atoms with van der Waals surface area (Å²) in [6, 6.07) is 16.2. The Labute approximate surface area is 154 Å². The van der Waals surface area contributed by atoms with E-state index in [1.807, 2.05) is 25.1 Å². The van der Waals surface area contributed by atoms with Crippen LogP contribution in [0.1, 0.15) is 21.5 Å². The molecule has 0 spiro atoms. The molecule has 4 aromatic rings. The van der Waals surface area contributed by atoms with Crippen LogP contribution in [0.25, 0.3) is 11.1 Å². The van der Waals surface area contributed by atoms with Gasteiger partial charge in [-0.2, -0.15) is 0 Å². The number of nitrogens with zero attached hydrogens (tertiary/aromatic N) is 2. The topological polar surface area (TPSA) is 68.0 Å². The third kappa shape index (κ3) is 3.05. The zero-order valence-electron chi connectivity index (χ0n) is 13.9. The van der Waals surface area contributed by atoms with Gasteiger partial charge in [0.25, 0.3) is 0 Å². The number of carbonyl (C=O) groups excluding carboxylic acids is 1. The normalized spacial score (nSPS) is 10.8. The second-order valence-electron chi connectivity index (χ2n) is 5.90. The van der Waals surface area contributed by atoms with Crippen LogP contribution in [0.5, 0.6) is 0 Å². The molecule has 0 radical (unpaired) electrons. The Bertz CT molecular complexity index is 1120. The highest BCUT2D eigenvalue weighted by atomic mass is 35.5. The summed E-state index contributed by atoms with van der Waals surface area (Å²) in [4.78, 5) is 16.9. The number of benzene rings is 2. The number of ketones is 1. The van der Waals surface area contributed by atoms with E-state index in [4.69, 9.17) is 16.1 Å². The van der Waals surface area contributed by atoms with Crippen molar-refractivity contribution in [2.75, 3.05) is 5.32 Å². The first-order valence-electron chi connectivity index (χ1n) is 8.00. The fourth-order valence-corrected chi connectivity index (χ4v) is 2.98. The van der Waals surface area contributed by atoms with E-state index in [0.29, 0.717) is 38.8 Å². The summed E-state index contributed by atoms with van der Waals surface area (Å²) in [6.45, 7) is 1.95. The standard InChI is InChI=1S/C20H14ClN3O2/c1-12-4-2-5-13(10-12)19(25)15-8-7-14(11-16(15)21)23-20-18-17(26-24-20)6-3-9-22-18/h2-11H,1H3,(H,23,24). The van der Waals surface area contributed by atoms with Crippen LogP contribution in [0, 0.1) is 6.92 Å². The monoisotopic (exact) mass is 363 g/mol. The van der Waals surface area contributed by atoms with Crippen LogP contribution < -0.4 is 5.32 Å². The van der Waals surface area contributed by atoms with Gasteiger partial charge in [0.2, 0.25) is 0 Å². The van der Waals surface area contributed by atoms with Crippen molar-refractivity contribution in [3.63, 3.8) is 0 Å². The fourth-order valence-electron chi connectivity index (χ4n) is 2.72. The number of pyridine rings is 1. The molecule has 0 aliphatic carbocycles. The molecule has 0 saturated heterocycles. The molecule has 0 fully saturated rings. The summed E-state index contributed by atoms with van der Waals surface area (Å²) in [5.74, 6) is 0.383. The molecule has 128 valence electrons. The van der Waals surface area contributed by atoms with Gasteiger partial charge in [0, 0.05) is 23.0 Å². The summed E-state index contributed by atoms with van der Waals surface area (Å²) >= 11 is 6.35. The van der Waals surface area contributed by atoms with E-state index < -0.39 is 0 Å². The van der Waals surface area contributed by atoms with Crippen LogP contribution in [-0.2, 0) is 0 Å². The molecule has 5 nitrogen and oxygen atoms in total. The van der Waals surface area contributed by atoms with Crippen molar-refractivity contribution in [1.29, 1.82) is 0 Å². The van der Waals surface area contributed by atoms with Gasteiger partial charge in [-0.3, -0.25) is 4.79 Å². The second-order valence-corrected chi connectivity index (χ2v) is 6.31. The Morgan fingerprint density at radius 3 is 2.81 bits per heavy atom. The molecule has 0 atom stereocenters. The van der Waals surface area contributed by atoms with E-state index in [0.717, 1.165) is 5.56 Å². The molecule has 6 heteroatoms. The van der Waals surface area contributed by atoms with Crippen molar-refractivity contribution >= 4 is 40.0 Å². The molecular weight excluding hydrogens is 350 g/mol. The van der Waals surface area contributed by atoms with Gasteiger partial charge in [0.1, 0.15) is 0 Å². The van der Waals surface area contributed by atoms with Gasteiger partial charge in [-0.15, -0.1) is 0 Å². The fraction of sp³-hybridized carbons (Fsp3) is 0.0500. The van der Waals surface area contributed by atoms with E-state index in [9.17, 15) is 4.79 Å². The SMILES string of the molecule is Cc1cccc(C(=O)c2ccc(Nc3noc4cccnc34)cc2Cl)c1. The highest BCUT2D eigenvalue weighted by Gasteiger charge is 2.15. The summed E-state index contributed by atoms with van der Waals surface area (Å²) in [7, 11) is 0. The van der Waals surface area contributed by atoms with Crippen molar-refractivity contribution in [3.05, 3.63) is 82.5 Å². The van der Waals surface area contributed by atoms with E-state index in [2.05, 4.69) is 15.5 Å². The lowest BCUT2D eigenvalue weighted by atomic mass is 10.0. The van der Waals surface area contributed by atoms with Gasteiger partial charge in [-0.25, -0.2) is 4.98 Å². The van der Waals surface area contributed by atoms with Gasteiger partial charge in [0.15, 0.2) is 22.7 Å². The highest BCUT2D eigenvalue weighted by Crippen LogP contribution is 2.28. The number of hydrogen-bond acceptors (Lipinski definition) is 5. The van der Waals surface area contributed by atoms with Gasteiger partial charge < -0.3 is 9.84 Å². The molecule has 1 N–H and O–H groups in total. The minimum Gasteiger partial charge on any atom is -0.352 e. The van der Waals surface area contributed by atoms with Crippen LogP contribution in [0.4, 0.5) is 11.5 Å². The largest absolute Gasteiger partial charge is 0.352 e. The molecule has 0 amide bonds. The maximum Gasteiger partial charge on any atom is 0.200 e. The van der Waals surface area contributed by atoms with Crippen LogP contribution >= 0.6 is 11.6 Å². The average Bonchev–Trinajstić information content (AvgIpc) is 3.04. The lowest BCUT2D eigenvalue weighted by Crippen LogP contribution is -2.03. The van der Waals surface area contributed by atoms with Gasteiger partial charge in [0.05, 0.1) is 5.02 Å². The molecular formula is C20H14ClN3O2. The van der Waals surface area contributed by atoms with Crippen molar-refractivity contribution < 1.29 is 9.32 Å². The zero-order chi connectivity index (χ0) is 18.1. The Balaban J connectivity index is 1.63. The predicted octanol–water partition coefficient (Wildman–Crippen LogP) is 5.16. The molecule has 0 saturated carbocycles. The molecule has 26 heavy (non-hydrogen) atoms.